The van der Waals surface area contributed by atoms with Gasteiger partial charge in [-0.25, -0.2) is 0 Å². The molecule has 0 bridgehead atoms. The Morgan fingerprint density at radius 2 is 2.05 bits per heavy atom. The zero-order chi connectivity index (χ0) is 15.5. The highest BCUT2D eigenvalue weighted by molar-refractivity contribution is 5.40. The molecule has 0 spiro atoms. The van der Waals surface area contributed by atoms with Crippen LogP contribution in [-0.4, -0.2) is 29.5 Å². The Morgan fingerprint density at radius 3 is 2.82 bits per heavy atom. The molecule has 0 aliphatic heterocycles. The molecule has 0 unspecified atom stereocenters. The number of hydrogen-bond acceptors (Lipinski definition) is 3. The fourth-order valence-electron chi connectivity index (χ4n) is 5.67. The lowest BCUT2D eigenvalue weighted by Gasteiger charge is -2.49. The van der Waals surface area contributed by atoms with Crippen molar-refractivity contribution in [3.05, 3.63) is 29.3 Å². The van der Waals surface area contributed by atoms with Crippen LogP contribution in [0.4, 0.5) is 0 Å². The van der Waals surface area contributed by atoms with Crippen molar-refractivity contribution in [3.8, 4) is 5.75 Å². The molecule has 0 aromatic heterocycles. The van der Waals surface area contributed by atoms with Crippen LogP contribution in [0.15, 0.2) is 18.2 Å². The van der Waals surface area contributed by atoms with Gasteiger partial charge in [0.2, 0.25) is 0 Å². The fourth-order valence-corrected chi connectivity index (χ4v) is 5.67. The number of benzene rings is 1. The van der Waals surface area contributed by atoms with Gasteiger partial charge >= 0.3 is 0 Å². The third-order valence-corrected chi connectivity index (χ3v) is 6.91. The van der Waals surface area contributed by atoms with Crippen LogP contribution in [0.5, 0.6) is 5.75 Å². The molecule has 3 heteroatoms. The summed E-state index contributed by atoms with van der Waals surface area (Å²) in [6, 6.07) is 6.51. The Hall–Kier alpha value is -1.06. The van der Waals surface area contributed by atoms with Crippen LogP contribution < -0.4 is 4.74 Å². The van der Waals surface area contributed by atoms with Gasteiger partial charge in [-0.1, -0.05) is 13.0 Å². The van der Waals surface area contributed by atoms with E-state index in [1.165, 1.54) is 17.5 Å². The van der Waals surface area contributed by atoms with Crippen molar-refractivity contribution in [3.63, 3.8) is 0 Å². The number of aryl methyl sites for hydroxylation is 1. The predicted octanol–water partition coefficient (Wildman–Crippen LogP) is 2.88. The molecule has 2 saturated carbocycles. The van der Waals surface area contributed by atoms with Gasteiger partial charge in [-0.2, -0.15) is 0 Å². The molecule has 1 aromatic carbocycles. The van der Waals surface area contributed by atoms with Crippen molar-refractivity contribution in [1.29, 1.82) is 0 Å². The molecule has 3 aliphatic carbocycles. The van der Waals surface area contributed by atoms with Gasteiger partial charge in [-0.05, 0) is 78.5 Å². The van der Waals surface area contributed by atoms with E-state index in [-0.39, 0.29) is 5.41 Å². The van der Waals surface area contributed by atoms with Crippen LogP contribution >= 0.6 is 0 Å². The van der Waals surface area contributed by atoms with Crippen molar-refractivity contribution >= 4 is 0 Å². The molecule has 0 radical (unpaired) electrons. The first-order valence-corrected chi connectivity index (χ1v) is 8.57. The Labute approximate surface area is 132 Å². The van der Waals surface area contributed by atoms with E-state index >= 15 is 0 Å². The minimum absolute atomic E-state index is 0.0927. The van der Waals surface area contributed by atoms with E-state index in [1.807, 2.05) is 0 Å². The number of hydrogen-bond donors (Lipinski definition) is 2. The van der Waals surface area contributed by atoms with E-state index in [1.54, 1.807) is 7.11 Å². The normalized spacial score (nSPS) is 43.2. The number of aliphatic hydroxyl groups is 2. The summed E-state index contributed by atoms with van der Waals surface area (Å²) in [6.45, 7) is 2.19. The predicted molar refractivity (Wildman–Crippen MR) is 85.0 cm³/mol. The fraction of sp³-hybridized carbons (Fsp3) is 0.684. The van der Waals surface area contributed by atoms with Crippen molar-refractivity contribution in [1.82, 2.24) is 0 Å². The van der Waals surface area contributed by atoms with E-state index in [4.69, 9.17) is 4.74 Å². The van der Waals surface area contributed by atoms with Crippen LogP contribution in [0.3, 0.4) is 0 Å². The van der Waals surface area contributed by atoms with Crippen LogP contribution in [-0.2, 0) is 6.42 Å². The van der Waals surface area contributed by atoms with Gasteiger partial charge in [-0.3, -0.25) is 0 Å². The maximum Gasteiger partial charge on any atom is 0.119 e. The Kier molecular flexibility index (Phi) is 3.28. The minimum atomic E-state index is -0.546. The summed E-state index contributed by atoms with van der Waals surface area (Å²) in [4.78, 5) is 0. The summed E-state index contributed by atoms with van der Waals surface area (Å²) in [5.41, 5.74) is 2.82. The second-order valence-corrected chi connectivity index (χ2v) is 7.77. The lowest BCUT2D eigenvalue weighted by Crippen LogP contribution is -2.44. The van der Waals surface area contributed by atoms with E-state index in [0.29, 0.717) is 17.8 Å². The molecule has 2 N–H and O–H groups in total. The molecule has 22 heavy (non-hydrogen) atoms. The molecule has 2 fully saturated rings. The number of methoxy groups -OCH3 is 1. The Morgan fingerprint density at radius 1 is 1.23 bits per heavy atom. The summed E-state index contributed by atoms with van der Waals surface area (Å²) >= 11 is 0. The molecule has 0 saturated heterocycles. The summed E-state index contributed by atoms with van der Waals surface area (Å²) in [6.07, 6.45) is 4.09. The number of fused-ring (bicyclic) bond motifs is 5. The van der Waals surface area contributed by atoms with Gasteiger partial charge in [-0.15, -0.1) is 0 Å². The van der Waals surface area contributed by atoms with Crippen molar-refractivity contribution in [2.45, 2.75) is 57.2 Å². The highest BCUT2D eigenvalue weighted by Gasteiger charge is 2.57. The zero-order valence-corrected chi connectivity index (χ0v) is 13.5. The number of aliphatic hydroxyl groups excluding tert-OH is 2. The van der Waals surface area contributed by atoms with Gasteiger partial charge in [0.15, 0.2) is 0 Å². The first-order chi connectivity index (χ1) is 10.5. The number of ether oxygens (including phenoxy) is 1. The van der Waals surface area contributed by atoms with Crippen molar-refractivity contribution in [2.75, 3.05) is 7.11 Å². The van der Waals surface area contributed by atoms with Crippen molar-refractivity contribution in [2.24, 2.45) is 17.3 Å². The third-order valence-electron chi connectivity index (χ3n) is 6.91. The molecule has 120 valence electrons. The molecule has 3 nitrogen and oxygen atoms in total. The topological polar surface area (TPSA) is 49.7 Å². The van der Waals surface area contributed by atoms with Gasteiger partial charge in [0.25, 0.3) is 0 Å². The molecule has 1 aromatic rings. The molecule has 4 rings (SSSR count). The molecular weight excluding hydrogens is 276 g/mol. The van der Waals surface area contributed by atoms with E-state index in [9.17, 15) is 10.2 Å². The largest absolute Gasteiger partial charge is 0.497 e. The summed E-state index contributed by atoms with van der Waals surface area (Å²) in [5, 5.41) is 20.6. The minimum Gasteiger partial charge on any atom is -0.497 e. The SMILES string of the molecule is COc1ccc2c(c1)CC[C@H]1[C@H]3C[C@H](O)[C@@H](O)[C@@]3(C)CC[C@@H]21. The van der Waals surface area contributed by atoms with Gasteiger partial charge in [0, 0.05) is 0 Å². The van der Waals surface area contributed by atoms with E-state index in [0.717, 1.165) is 31.4 Å². The van der Waals surface area contributed by atoms with Crippen LogP contribution in [0, 0.1) is 17.3 Å². The van der Waals surface area contributed by atoms with Gasteiger partial charge < -0.3 is 14.9 Å². The average molecular weight is 302 g/mol. The Bertz CT molecular complexity index is 584. The maximum absolute atomic E-state index is 10.4. The monoisotopic (exact) mass is 302 g/mol. The van der Waals surface area contributed by atoms with Crippen LogP contribution in [0.2, 0.25) is 0 Å². The van der Waals surface area contributed by atoms with Crippen LogP contribution in [0.1, 0.15) is 49.7 Å². The highest BCUT2D eigenvalue weighted by atomic mass is 16.5. The van der Waals surface area contributed by atoms with Gasteiger partial charge in [0.1, 0.15) is 5.75 Å². The van der Waals surface area contributed by atoms with Crippen molar-refractivity contribution < 1.29 is 14.9 Å². The zero-order valence-electron chi connectivity index (χ0n) is 13.5. The lowest BCUT2D eigenvalue weighted by molar-refractivity contribution is -0.0505. The quantitative estimate of drug-likeness (QED) is 0.838. The first-order valence-electron chi connectivity index (χ1n) is 8.57. The standard InChI is InChI=1S/C19H26O3/c1-19-8-7-14-13-6-4-12(22-2)9-11(13)3-5-15(14)16(19)10-17(20)18(19)21/h4,6,9,14-18,20-21H,3,5,7-8,10H2,1-2H3/t14-,15+,16+,17-,18+,19-/m0/s1. The second kappa shape index (κ2) is 4.97. The summed E-state index contributed by atoms with van der Waals surface area (Å²) in [5.74, 6) is 2.59. The number of rotatable bonds is 1. The first kappa shape index (κ1) is 14.5. The van der Waals surface area contributed by atoms with E-state index < -0.39 is 12.2 Å². The Balaban J connectivity index is 1.69. The summed E-state index contributed by atoms with van der Waals surface area (Å²) in [7, 11) is 1.72. The average Bonchev–Trinajstić information content (AvgIpc) is 2.77. The van der Waals surface area contributed by atoms with Gasteiger partial charge in [0.05, 0.1) is 19.3 Å². The molecule has 0 amide bonds. The molecule has 6 atom stereocenters. The summed E-state index contributed by atoms with van der Waals surface area (Å²) < 4.78 is 5.36. The molecule has 3 aliphatic rings. The highest BCUT2D eigenvalue weighted by Crippen LogP contribution is 2.60. The maximum atomic E-state index is 10.4. The molecule has 0 heterocycles. The van der Waals surface area contributed by atoms with E-state index in [2.05, 4.69) is 25.1 Å². The molecular formula is C19H26O3. The smallest absolute Gasteiger partial charge is 0.119 e. The lowest BCUT2D eigenvalue weighted by atomic mass is 9.55. The second-order valence-electron chi connectivity index (χ2n) is 7.77. The third kappa shape index (κ3) is 1.88. The van der Waals surface area contributed by atoms with Crippen LogP contribution in [0.25, 0.3) is 0 Å².